The van der Waals surface area contributed by atoms with Crippen LogP contribution in [0.4, 0.5) is 0 Å². The van der Waals surface area contributed by atoms with Gasteiger partial charge in [-0.25, -0.2) is 0 Å². The van der Waals surface area contributed by atoms with E-state index in [-0.39, 0.29) is 17.2 Å². The van der Waals surface area contributed by atoms with E-state index in [0.717, 1.165) is 31.9 Å². The van der Waals surface area contributed by atoms with Gasteiger partial charge in [0.15, 0.2) is 5.96 Å². The highest BCUT2D eigenvalue weighted by Gasteiger charge is 2.45. The molecule has 0 radical (unpaired) electrons. The number of hydrogen-bond acceptors (Lipinski definition) is 2. The second-order valence-corrected chi connectivity index (χ2v) is 7.80. The Labute approximate surface area is 158 Å². The summed E-state index contributed by atoms with van der Waals surface area (Å²) in [6.07, 6.45) is 4.44. The van der Waals surface area contributed by atoms with E-state index in [9.17, 15) is 4.79 Å². The predicted molar refractivity (Wildman–Crippen MR) is 105 cm³/mol. The summed E-state index contributed by atoms with van der Waals surface area (Å²) in [5.41, 5.74) is 1.52. The Morgan fingerprint density at radius 1 is 1.20 bits per heavy atom. The van der Waals surface area contributed by atoms with Crippen molar-refractivity contribution in [2.75, 3.05) is 26.2 Å². The lowest BCUT2D eigenvalue weighted by Crippen LogP contribution is -2.42. The van der Waals surface area contributed by atoms with Crippen LogP contribution in [-0.4, -0.2) is 38.0 Å². The molecule has 0 unspecified atom stereocenters. The molecule has 5 nitrogen and oxygen atoms in total. The number of nitrogens with zero attached hydrogens (tertiary/aromatic N) is 1. The molecule has 1 aromatic rings. The predicted octanol–water partition coefficient (Wildman–Crippen LogP) is 2.56. The van der Waals surface area contributed by atoms with Gasteiger partial charge < -0.3 is 16.0 Å². The SMILES string of the molecule is CCNC(=NCC1(c2ccccc2Br)CC1)NCCNC(=O)C1CC1. The Kier molecular flexibility index (Phi) is 5.99. The monoisotopic (exact) mass is 406 g/mol. The Morgan fingerprint density at radius 3 is 2.56 bits per heavy atom. The zero-order valence-corrected chi connectivity index (χ0v) is 16.4. The Morgan fingerprint density at radius 2 is 1.92 bits per heavy atom. The molecule has 0 atom stereocenters. The van der Waals surface area contributed by atoms with Gasteiger partial charge >= 0.3 is 0 Å². The fraction of sp³-hybridized carbons (Fsp3) is 0.579. The van der Waals surface area contributed by atoms with Crippen LogP contribution in [0.3, 0.4) is 0 Å². The molecule has 1 amide bonds. The number of carbonyl (C=O) groups excluding carboxylic acids is 1. The van der Waals surface area contributed by atoms with Gasteiger partial charge in [-0.05, 0) is 44.2 Å². The molecule has 0 saturated heterocycles. The maximum Gasteiger partial charge on any atom is 0.223 e. The average Bonchev–Trinajstić information content (AvgIpc) is 3.51. The van der Waals surface area contributed by atoms with Gasteiger partial charge in [0, 0.05) is 35.4 Å². The van der Waals surface area contributed by atoms with Crippen LogP contribution in [0.5, 0.6) is 0 Å². The number of guanidine groups is 1. The highest BCUT2D eigenvalue weighted by Crippen LogP contribution is 2.50. The summed E-state index contributed by atoms with van der Waals surface area (Å²) < 4.78 is 1.17. The van der Waals surface area contributed by atoms with Crippen molar-refractivity contribution in [1.82, 2.24) is 16.0 Å². The van der Waals surface area contributed by atoms with E-state index in [1.54, 1.807) is 0 Å². The molecular weight excluding hydrogens is 380 g/mol. The Balaban J connectivity index is 1.51. The van der Waals surface area contributed by atoms with Crippen molar-refractivity contribution >= 4 is 27.8 Å². The number of hydrogen-bond donors (Lipinski definition) is 3. The summed E-state index contributed by atoms with van der Waals surface area (Å²) in [6.45, 7) is 4.98. The van der Waals surface area contributed by atoms with Crippen LogP contribution in [0.15, 0.2) is 33.7 Å². The lowest BCUT2D eigenvalue weighted by molar-refractivity contribution is -0.122. The van der Waals surface area contributed by atoms with E-state index in [1.807, 2.05) is 0 Å². The van der Waals surface area contributed by atoms with Crippen LogP contribution in [0.25, 0.3) is 0 Å². The molecule has 3 rings (SSSR count). The molecule has 2 aliphatic rings. The topological polar surface area (TPSA) is 65.5 Å². The van der Waals surface area contributed by atoms with Crippen LogP contribution in [0.2, 0.25) is 0 Å². The normalized spacial score (nSPS) is 18.6. The van der Waals surface area contributed by atoms with E-state index >= 15 is 0 Å². The van der Waals surface area contributed by atoms with E-state index in [2.05, 4.69) is 63.1 Å². The second-order valence-electron chi connectivity index (χ2n) is 6.95. The molecular formula is C19H27BrN4O. The first kappa shape index (κ1) is 18.2. The number of rotatable bonds is 8. The fourth-order valence-electron chi connectivity index (χ4n) is 2.98. The van der Waals surface area contributed by atoms with Gasteiger partial charge in [-0.3, -0.25) is 9.79 Å². The molecule has 0 aromatic heterocycles. The van der Waals surface area contributed by atoms with Gasteiger partial charge in [-0.2, -0.15) is 0 Å². The zero-order valence-electron chi connectivity index (χ0n) is 14.8. The lowest BCUT2D eigenvalue weighted by Gasteiger charge is -2.17. The van der Waals surface area contributed by atoms with Crippen molar-refractivity contribution in [3.05, 3.63) is 34.3 Å². The molecule has 25 heavy (non-hydrogen) atoms. The van der Waals surface area contributed by atoms with Crippen LogP contribution >= 0.6 is 15.9 Å². The van der Waals surface area contributed by atoms with E-state index < -0.39 is 0 Å². The zero-order chi connectivity index (χ0) is 17.7. The lowest BCUT2D eigenvalue weighted by atomic mass is 9.96. The smallest absolute Gasteiger partial charge is 0.223 e. The van der Waals surface area contributed by atoms with Crippen LogP contribution in [-0.2, 0) is 10.2 Å². The quantitative estimate of drug-likeness (QED) is 0.353. The van der Waals surface area contributed by atoms with Gasteiger partial charge in [-0.1, -0.05) is 34.1 Å². The maximum atomic E-state index is 11.6. The van der Waals surface area contributed by atoms with Crippen molar-refractivity contribution in [3.63, 3.8) is 0 Å². The molecule has 0 bridgehead atoms. The largest absolute Gasteiger partial charge is 0.357 e. The summed E-state index contributed by atoms with van der Waals surface area (Å²) >= 11 is 3.67. The summed E-state index contributed by atoms with van der Waals surface area (Å²) in [7, 11) is 0. The third kappa shape index (κ3) is 4.97. The van der Waals surface area contributed by atoms with Crippen molar-refractivity contribution < 1.29 is 4.79 Å². The summed E-state index contributed by atoms with van der Waals surface area (Å²) in [4.78, 5) is 16.4. The highest BCUT2D eigenvalue weighted by atomic mass is 79.9. The van der Waals surface area contributed by atoms with Crippen LogP contribution < -0.4 is 16.0 Å². The number of nitrogens with one attached hydrogen (secondary N) is 3. The van der Waals surface area contributed by atoms with Crippen molar-refractivity contribution in [1.29, 1.82) is 0 Å². The molecule has 3 N–H and O–H groups in total. The van der Waals surface area contributed by atoms with E-state index in [0.29, 0.717) is 13.1 Å². The maximum absolute atomic E-state index is 11.6. The van der Waals surface area contributed by atoms with Crippen molar-refractivity contribution in [2.24, 2.45) is 10.9 Å². The molecule has 2 fully saturated rings. The van der Waals surface area contributed by atoms with Gasteiger partial charge in [0.05, 0.1) is 6.54 Å². The first-order valence-corrected chi connectivity index (χ1v) is 9.99. The molecule has 0 heterocycles. The second kappa shape index (κ2) is 8.21. The first-order valence-electron chi connectivity index (χ1n) is 9.19. The van der Waals surface area contributed by atoms with Crippen molar-refractivity contribution in [3.8, 4) is 0 Å². The van der Waals surface area contributed by atoms with Gasteiger partial charge in [0.1, 0.15) is 0 Å². The minimum atomic E-state index is 0.169. The van der Waals surface area contributed by atoms with E-state index in [1.165, 1.54) is 22.9 Å². The number of benzene rings is 1. The molecule has 0 spiro atoms. The number of carbonyl (C=O) groups is 1. The summed E-state index contributed by atoms with van der Waals surface area (Å²) in [6, 6.07) is 8.44. The Bertz CT molecular complexity index is 638. The molecule has 0 aliphatic heterocycles. The van der Waals surface area contributed by atoms with E-state index in [4.69, 9.17) is 4.99 Å². The fourth-order valence-corrected chi connectivity index (χ4v) is 3.69. The summed E-state index contributed by atoms with van der Waals surface area (Å²) in [5.74, 6) is 1.28. The number of aliphatic imine (C=N–C) groups is 1. The molecule has 2 saturated carbocycles. The summed E-state index contributed by atoms with van der Waals surface area (Å²) in [5, 5.41) is 9.57. The molecule has 6 heteroatoms. The third-order valence-corrected chi connectivity index (χ3v) is 5.54. The number of amides is 1. The first-order chi connectivity index (χ1) is 12.1. The molecule has 1 aromatic carbocycles. The number of halogens is 1. The van der Waals surface area contributed by atoms with Gasteiger partial charge in [0.2, 0.25) is 5.91 Å². The Hall–Kier alpha value is -1.56. The van der Waals surface area contributed by atoms with Crippen LogP contribution in [0, 0.1) is 5.92 Å². The minimum Gasteiger partial charge on any atom is -0.357 e. The molecule has 136 valence electrons. The van der Waals surface area contributed by atoms with Gasteiger partial charge in [-0.15, -0.1) is 0 Å². The highest BCUT2D eigenvalue weighted by molar-refractivity contribution is 9.10. The molecule has 2 aliphatic carbocycles. The van der Waals surface area contributed by atoms with Crippen molar-refractivity contribution in [2.45, 2.75) is 38.0 Å². The van der Waals surface area contributed by atoms with Crippen LogP contribution in [0.1, 0.15) is 38.2 Å². The standard InChI is InChI=1S/C19H27BrN4O/c1-2-21-18(23-12-11-22-17(25)14-7-8-14)24-13-19(9-10-19)15-5-3-4-6-16(15)20/h3-6,14H,2,7-13H2,1H3,(H,22,25)(H2,21,23,24). The van der Waals surface area contributed by atoms with Gasteiger partial charge in [0.25, 0.3) is 0 Å². The average molecular weight is 407 g/mol. The minimum absolute atomic E-state index is 0.169. The third-order valence-electron chi connectivity index (χ3n) is 4.85.